The van der Waals surface area contributed by atoms with Gasteiger partial charge in [0.15, 0.2) is 0 Å². The summed E-state index contributed by atoms with van der Waals surface area (Å²) in [6, 6.07) is 16.5. The molecule has 0 saturated heterocycles. The molecule has 0 aliphatic heterocycles. The molecular weight excluding hydrogens is 300 g/mol. The molecule has 0 amide bonds. The number of H-pyrrole nitrogens is 1. The van der Waals surface area contributed by atoms with Crippen molar-refractivity contribution < 1.29 is 0 Å². The van der Waals surface area contributed by atoms with Gasteiger partial charge in [0.1, 0.15) is 11.6 Å². The van der Waals surface area contributed by atoms with Crippen LogP contribution in [0.5, 0.6) is 0 Å². The summed E-state index contributed by atoms with van der Waals surface area (Å²) >= 11 is 0. The normalized spacial score (nSPS) is 11.1. The summed E-state index contributed by atoms with van der Waals surface area (Å²) < 4.78 is 0. The molecule has 0 radical (unpaired) electrons. The van der Waals surface area contributed by atoms with E-state index in [1.165, 1.54) is 16.7 Å². The van der Waals surface area contributed by atoms with Crippen molar-refractivity contribution in [1.29, 1.82) is 5.26 Å². The lowest BCUT2D eigenvalue weighted by atomic mass is 10.0. The van der Waals surface area contributed by atoms with Crippen molar-refractivity contribution in [2.75, 3.05) is 5.32 Å². The highest BCUT2D eigenvalue weighted by Crippen LogP contribution is 2.24. The van der Waals surface area contributed by atoms with Gasteiger partial charge in [-0.15, -0.1) is 10.2 Å². The van der Waals surface area contributed by atoms with Gasteiger partial charge in [-0.2, -0.15) is 10.5 Å². The molecule has 3 rings (SSSR count). The predicted molar refractivity (Wildman–Crippen MR) is 92.7 cm³/mol. The number of benzene rings is 2. The van der Waals surface area contributed by atoms with Gasteiger partial charge in [0.2, 0.25) is 5.82 Å². The van der Waals surface area contributed by atoms with E-state index < -0.39 is 0 Å². The Morgan fingerprint density at radius 2 is 1.83 bits per heavy atom. The lowest BCUT2D eigenvalue weighted by molar-refractivity contribution is 0.881. The average molecular weight is 316 g/mol. The number of hydrogen-bond donors (Lipinski definition) is 2. The Morgan fingerprint density at radius 1 is 1.08 bits per heavy atom. The Balaban J connectivity index is 1.77. The molecule has 0 aliphatic rings. The number of nitrogens with zero attached hydrogens (tertiary/aromatic N) is 4. The van der Waals surface area contributed by atoms with E-state index in [9.17, 15) is 0 Å². The number of aromatic nitrogens is 4. The van der Waals surface area contributed by atoms with Crippen LogP contribution in [-0.4, -0.2) is 20.6 Å². The smallest absolute Gasteiger partial charge is 0.216 e. The second-order valence-corrected chi connectivity index (χ2v) is 5.43. The maximum Gasteiger partial charge on any atom is 0.216 e. The van der Waals surface area contributed by atoms with Crippen LogP contribution in [0.25, 0.3) is 16.7 Å². The van der Waals surface area contributed by atoms with Crippen molar-refractivity contribution in [1.82, 2.24) is 20.6 Å². The van der Waals surface area contributed by atoms with E-state index in [-0.39, 0.29) is 5.82 Å². The molecule has 3 aromatic rings. The molecule has 0 spiro atoms. The minimum absolute atomic E-state index is 0.261. The van der Waals surface area contributed by atoms with Gasteiger partial charge in [-0.3, -0.25) is 0 Å². The number of tetrazole rings is 1. The van der Waals surface area contributed by atoms with Crippen molar-refractivity contribution >= 4 is 11.3 Å². The average Bonchev–Trinajstić information content (AvgIpc) is 3.13. The third-order valence-electron chi connectivity index (χ3n) is 3.82. The van der Waals surface area contributed by atoms with Crippen molar-refractivity contribution in [3.63, 3.8) is 0 Å². The van der Waals surface area contributed by atoms with Gasteiger partial charge < -0.3 is 5.32 Å². The van der Waals surface area contributed by atoms with Crippen LogP contribution in [-0.2, 0) is 0 Å². The van der Waals surface area contributed by atoms with E-state index in [4.69, 9.17) is 5.26 Å². The fraction of sp³-hybridized carbons (Fsp3) is 0.111. The number of rotatable bonds is 4. The quantitative estimate of drug-likeness (QED) is 0.719. The first-order valence-electron chi connectivity index (χ1n) is 7.45. The second-order valence-electron chi connectivity index (χ2n) is 5.43. The van der Waals surface area contributed by atoms with Crippen molar-refractivity contribution in [2.45, 2.75) is 13.8 Å². The van der Waals surface area contributed by atoms with E-state index >= 15 is 0 Å². The summed E-state index contributed by atoms with van der Waals surface area (Å²) in [5.41, 5.74) is 6.07. The van der Waals surface area contributed by atoms with Crippen LogP contribution in [0.1, 0.15) is 17.0 Å². The Hall–Kier alpha value is -3.46. The molecule has 6 heteroatoms. The molecule has 118 valence electrons. The molecule has 0 unspecified atom stereocenters. The Kier molecular flexibility index (Phi) is 4.34. The summed E-state index contributed by atoms with van der Waals surface area (Å²) in [6.45, 7) is 4.22. The summed E-state index contributed by atoms with van der Waals surface area (Å²) in [4.78, 5) is 0. The number of aryl methyl sites for hydroxylation is 2. The zero-order chi connectivity index (χ0) is 16.9. The molecule has 2 aromatic carbocycles. The summed E-state index contributed by atoms with van der Waals surface area (Å²) in [5, 5.41) is 25.6. The van der Waals surface area contributed by atoms with E-state index in [1.54, 1.807) is 6.20 Å². The van der Waals surface area contributed by atoms with E-state index in [1.807, 2.05) is 30.3 Å². The second kappa shape index (κ2) is 6.75. The highest BCUT2D eigenvalue weighted by Gasteiger charge is 2.05. The minimum Gasteiger partial charge on any atom is -0.360 e. The first-order chi connectivity index (χ1) is 11.7. The van der Waals surface area contributed by atoms with Gasteiger partial charge >= 0.3 is 0 Å². The third kappa shape index (κ3) is 3.31. The van der Waals surface area contributed by atoms with Crippen molar-refractivity contribution in [3.8, 4) is 17.2 Å². The molecule has 0 atom stereocenters. The Bertz CT molecular complexity index is 902. The molecule has 0 fully saturated rings. The maximum absolute atomic E-state index is 9.14. The van der Waals surface area contributed by atoms with Crippen LogP contribution in [0.2, 0.25) is 0 Å². The van der Waals surface area contributed by atoms with Gasteiger partial charge in [-0.05, 0) is 53.4 Å². The standard InChI is InChI=1S/C18H16N6/c1-12-3-4-15(9-13(12)2)14-5-7-17(8-6-14)20-11-16(10-19)18-21-23-24-22-18/h3-9,11,20H,1-2H3,(H,21,22,23,24). The topological polar surface area (TPSA) is 90.3 Å². The molecule has 24 heavy (non-hydrogen) atoms. The number of aromatic amines is 1. The van der Waals surface area contributed by atoms with Gasteiger partial charge in [0.05, 0.1) is 0 Å². The molecule has 2 N–H and O–H groups in total. The molecule has 0 saturated carbocycles. The lowest BCUT2D eigenvalue weighted by Gasteiger charge is -2.07. The number of anilines is 1. The van der Waals surface area contributed by atoms with Gasteiger partial charge in [-0.25, -0.2) is 0 Å². The summed E-state index contributed by atoms with van der Waals surface area (Å²) in [5.74, 6) is 0.261. The van der Waals surface area contributed by atoms with Crippen LogP contribution < -0.4 is 5.32 Å². The van der Waals surface area contributed by atoms with Crippen LogP contribution in [0, 0.1) is 25.2 Å². The molecule has 0 bridgehead atoms. The molecule has 1 aromatic heterocycles. The van der Waals surface area contributed by atoms with E-state index in [2.05, 4.69) is 58.0 Å². The fourth-order valence-corrected chi connectivity index (χ4v) is 2.26. The van der Waals surface area contributed by atoms with E-state index in [0.29, 0.717) is 5.57 Å². The van der Waals surface area contributed by atoms with E-state index in [0.717, 1.165) is 11.3 Å². The largest absolute Gasteiger partial charge is 0.360 e. The predicted octanol–water partition coefficient (Wildman–Crippen LogP) is 3.46. The number of hydrogen-bond acceptors (Lipinski definition) is 5. The summed E-state index contributed by atoms with van der Waals surface area (Å²) in [6.07, 6.45) is 1.57. The molecule has 1 heterocycles. The maximum atomic E-state index is 9.14. The highest BCUT2D eigenvalue weighted by molar-refractivity contribution is 5.74. The molecular formula is C18H16N6. The zero-order valence-electron chi connectivity index (χ0n) is 13.4. The highest BCUT2D eigenvalue weighted by atomic mass is 15.5. The number of nitrogens with one attached hydrogen (secondary N) is 2. The van der Waals surface area contributed by atoms with Crippen LogP contribution in [0.3, 0.4) is 0 Å². The van der Waals surface area contributed by atoms with Gasteiger partial charge in [0.25, 0.3) is 0 Å². The minimum atomic E-state index is 0.261. The lowest BCUT2D eigenvalue weighted by Crippen LogP contribution is -1.93. The monoisotopic (exact) mass is 316 g/mol. The third-order valence-corrected chi connectivity index (χ3v) is 3.82. The number of allylic oxidation sites excluding steroid dienone is 1. The van der Waals surface area contributed by atoms with Crippen molar-refractivity contribution in [3.05, 3.63) is 65.6 Å². The first-order valence-corrected chi connectivity index (χ1v) is 7.45. The van der Waals surface area contributed by atoms with Crippen molar-refractivity contribution in [2.24, 2.45) is 0 Å². The number of nitriles is 1. The first kappa shape index (κ1) is 15.4. The molecule has 6 nitrogen and oxygen atoms in total. The van der Waals surface area contributed by atoms with Crippen LogP contribution >= 0.6 is 0 Å². The fourth-order valence-electron chi connectivity index (χ4n) is 2.26. The van der Waals surface area contributed by atoms with Gasteiger partial charge in [-0.1, -0.05) is 30.3 Å². The Labute approximate surface area is 139 Å². The molecule has 0 aliphatic carbocycles. The zero-order valence-corrected chi connectivity index (χ0v) is 13.4. The van der Waals surface area contributed by atoms with Crippen LogP contribution in [0.15, 0.2) is 48.7 Å². The summed E-state index contributed by atoms with van der Waals surface area (Å²) in [7, 11) is 0. The Morgan fingerprint density at radius 3 is 2.46 bits per heavy atom. The van der Waals surface area contributed by atoms with Gasteiger partial charge in [0, 0.05) is 11.9 Å². The van der Waals surface area contributed by atoms with Crippen LogP contribution in [0.4, 0.5) is 5.69 Å². The SMILES string of the molecule is Cc1ccc(-c2ccc(NC=C(C#N)c3nn[nH]n3)cc2)cc1C.